The molecule has 1 aromatic carbocycles. The molecule has 0 saturated heterocycles. The van der Waals surface area contributed by atoms with Crippen LogP contribution in [0.3, 0.4) is 0 Å². The fourth-order valence-corrected chi connectivity index (χ4v) is 2.70. The Labute approximate surface area is 129 Å². The summed E-state index contributed by atoms with van der Waals surface area (Å²) in [5.74, 6) is 0.202. The number of alkyl halides is 2. The highest BCUT2D eigenvalue weighted by Crippen LogP contribution is 2.27. The monoisotopic (exact) mass is 312 g/mol. The van der Waals surface area contributed by atoms with Crippen molar-refractivity contribution < 1.29 is 18.3 Å². The molecule has 0 radical (unpaired) electrons. The van der Waals surface area contributed by atoms with Crippen LogP contribution in [0.1, 0.15) is 31.2 Å². The molecule has 2 atom stereocenters. The molecular formula is C16H22F2N2O2. The Balaban J connectivity index is 1.99. The van der Waals surface area contributed by atoms with Crippen molar-refractivity contribution in [1.29, 1.82) is 0 Å². The summed E-state index contributed by atoms with van der Waals surface area (Å²) in [6.45, 7) is 1.11. The van der Waals surface area contributed by atoms with Crippen molar-refractivity contribution in [2.75, 3.05) is 11.9 Å². The third-order valence-corrected chi connectivity index (χ3v) is 3.91. The lowest BCUT2D eigenvalue weighted by molar-refractivity contribution is -0.120. The number of benzene rings is 1. The predicted molar refractivity (Wildman–Crippen MR) is 81.2 cm³/mol. The molecule has 122 valence electrons. The van der Waals surface area contributed by atoms with Gasteiger partial charge in [0.1, 0.15) is 12.4 Å². The van der Waals surface area contributed by atoms with Gasteiger partial charge in [-0.2, -0.15) is 0 Å². The van der Waals surface area contributed by atoms with Crippen molar-refractivity contribution in [3.05, 3.63) is 23.8 Å². The molecule has 1 aliphatic rings. The second kappa shape index (κ2) is 7.54. The quantitative estimate of drug-likeness (QED) is 0.878. The lowest BCUT2D eigenvalue weighted by Gasteiger charge is -2.25. The number of nitrogens with one attached hydrogen (secondary N) is 1. The number of halogens is 2. The second-order valence-corrected chi connectivity index (χ2v) is 5.80. The molecule has 0 aliphatic heterocycles. The summed E-state index contributed by atoms with van der Waals surface area (Å²) in [6.07, 6.45) is 0.906. The van der Waals surface area contributed by atoms with Gasteiger partial charge in [0.25, 0.3) is 6.43 Å². The van der Waals surface area contributed by atoms with Gasteiger partial charge in [-0.3, -0.25) is 4.79 Å². The average Bonchev–Trinajstić information content (AvgIpc) is 2.47. The maximum atomic E-state index is 12.2. The molecule has 0 heterocycles. The molecule has 4 nitrogen and oxygen atoms in total. The standard InChI is InChI=1S/C16H22F2N2O2/c1-10-5-6-13(8-14(10)22-9-15(17)18)20-16(21)11-3-2-4-12(19)7-11/h5-6,8,11-12,15H,2-4,7,9,19H2,1H3,(H,20,21). The maximum absolute atomic E-state index is 12.2. The van der Waals surface area contributed by atoms with Crippen LogP contribution in [0, 0.1) is 12.8 Å². The molecule has 1 saturated carbocycles. The van der Waals surface area contributed by atoms with Crippen LogP contribution < -0.4 is 15.8 Å². The van der Waals surface area contributed by atoms with E-state index in [0.717, 1.165) is 24.8 Å². The molecule has 0 spiro atoms. The summed E-state index contributed by atoms with van der Waals surface area (Å²) >= 11 is 0. The Morgan fingerprint density at radius 1 is 1.45 bits per heavy atom. The van der Waals surface area contributed by atoms with Crippen LogP contribution in [0.4, 0.5) is 14.5 Å². The summed E-state index contributed by atoms with van der Waals surface area (Å²) in [6, 6.07) is 5.14. The Hall–Kier alpha value is -1.69. The third kappa shape index (κ3) is 4.66. The first-order valence-electron chi connectivity index (χ1n) is 7.53. The summed E-state index contributed by atoms with van der Waals surface area (Å²) in [7, 11) is 0. The molecule has 1 aliphatic carbocycles. The SMILES string of the molecule is Cc1ccc(NC(=O)C2CCCC(N)C2)cc1OCC(F)F. The van der Waals surface area contributed by atoms with E-state index in [1.165, 1.54) is 0 Å². The Bertz CT molecular complexity index is 523. The van der Waals surface area contributed by atoms with Crippen LogP contribution in [-0.2, 0) is 4.79 Å². The van der Waals surface area contributed by atoms with E-state index in [2.05, 4.69) is 5.32 Å². The van der Waals surface area contributed by atoms with Gasteiger partial charge >= 0.3 is 0 Å². The first-order valence-corrected chi connectivity index (χ1v) is 7.53. The zero-order valence-electron chi connectivity index (χ0n) is 12.6. The molecule has 1 amide bonds. The lowest BCUT2D eigenvalue weighted by atomic mass is 9.85. The highest BCUT2D eigenvalue weighted by Gasteiger charge is 2.25. The number of hydrogen-bond donors (Lipinski definition) is 2. The number of rotatable bonds is 5. The minimum atomic E-state index is -2.53. The van der Waals surface area contributed by atoms with Gasteiger partial charge < -0.3 is 15.8 Å². The van der Waals surface area contributed by atoms with E-state index in [4.69, 9.17) is 10.5 Å². The van der Waals surface area contributed by atoms with Crippen LogP contribution in [0.5, 0.6) is 5.75 Å². The van der Waals surface area contributed by atoms with Crippen LogP contribution >= 0.6 is 0 Å². The highest BCUT2D eigenvalue weighted by molar-refractivity contribution is 5.92. The zero-order chi connectivity index (χ0) is 16.1. The fraction of sp³-hybridized carbons (Fsp3) is 0.562. The van der Waals surface area contributed by atoms with E-state index >= 15 is 0 Å². The molecule has 1 fully saturated rings. The molecule has 6 heteroatoms. The van der Waals surface area contributed by atoms with Gasteiger partial charge in [-0.15, -0.1) is 0 Å². The fourth-order valence-electron chi connectivity index (χ4n) is 2.70. The number of carbonyl (C=O) groups excluding carboxylic acids is 1. The summed E-state index contributed by atoms with van der Waals surface area (Å²) < 4.78 is 29.5. The van der Waals surface area contributed by atoms with Crippen molar-refractivity contribution >= 4 is 11.6 Å². The Morgan fingerprint density at radius 2 is 2.23 bits per heavy atom. The van der Waals surface area contributed by atoms with Gasteiger partial charge in [0, 0.05) is 23.7 Å². The number of carbonyl (C=O) groups is 1. The summed E-state index contributed by atoms with van der Waals surface area (Å²) in [5.41, 5.74) is 7.20. The van der Waals surface area contributed by atoms with Gasteiger partial charge in [0.05, 0.1) is 0 Å². The van der Waals surface area contributed by atoms with Gasteiger partial charge in [-0.05, 0) is 37.8 Å². The van der Waals surface area contributed by atoms with Crippen molar-refractivity contribution in [2.24, 2.45) is 11.7 Å². The molecule has 3 N–H and O–H groups in total. The van der Waals surface area contributed by atoms with Crippen LogP contribution in [0.15, 0.2) is 18.2 Å². The van der Waals surface area contributed by atoms with Gasteiger partial charge in [0.15, 0.2) is 0 Å². The number of anilines is 1. The van der Waals surface area contributed by atoms with Gasteiger partial charge in [-0.1, -0.05) is 12.5 Å². The maximum Gasteiger partial charge on any atom is 0.272 e. The van der Waals surface area contributed by atoms with Crippen molar-refractivity contribution in [3.63, 3.8) is 0 Å². The van der Waals surface area contributed by atoms with Crippen molar-refractivity contribution in [1.82, 2.24) is 0 Å². The molecule has 0 bridgehead atoms. The number of hydrogen-bond acceptors (Lipinski definition) is 3. The third-order valence-electron chi connectivity index (χ3n) is 3.91. The lowest BCUT2D eigenvalue weighted by Crippen LogP contribution is -2.34. The number of amides is 1. The Kier molecular flexibility index (Phi) is 5.71. The second-order valence-electron chi connectivity index (χ2n) is 5.80. The average molecular weight is 312 g/mol. The molecule has 2 rings (SSSR count). The van der Waals surface area contributed by atoms with Crippen molar-refractivity contribution in [3.8, 4) is 5.75 Å². The molecule has 22 heavy (non-hydrogen) atoms. The van der Waals surface area contributed by atoms with E-state index in [1.807, 2.05) is 0 Å². The smallest absolute Gasteiger partial charge is 0.272 e. The number of ether oxygens (including phenoxy) is 1. The van der Waals surface area contributed by atoms with E-state index in [1.54, 1.807) is 25.1 Å². The van der Waals surface area contributed by atoms with Crippen LogP contribution in [0.25, 0.3) is 0 Å². The van der Waals surface area contributed by atoms with Gasteiger partial charge in [-0.25, -0.2) is 8.78 Å². The van der Waals surface area contributed by atoms with Crippen LogP contribution in [0.2, 0.25) is 0 Å². The minimum Gasteiger partial charge on any atom is -0.487 e. The minimum absolute atomic E-state index is 0.0705. The first kappa shape index (κ1) is 16.7. The largest absolute Gasteiger partial charge is 0.487 e. The van der Waals surface area contributed by atoms with E-state index in [9.17, 15) is 13.6 Å². The molecule has 2 unspecified atom stereocenters. The number of nitrogens with two attached hydrogens (primary N) is 1. The topological polar surface area (TPSA) is 64.4 Å². The Morgan fingerprint density at radius 3 is 2.91 bits per heavy atom. The van der Waals surface area contributed by atoms with Crippen LogP contribution in [-0.4, -0.2) is 25.0 Å². The number of aryl methyl sites for hydroxylation is 1. The normalized spacial score (nSPS) is 21.7. The summed E-state index contributed by atoms with van der Waals surface area (Å²) in [5, 5.41) is 2.83. The summed E-state index contributed by atoms with van der Waals surface area (Å²) in [4.78, 5) is 12.2. The van der Waals surface area contributed by atoms with E-state index in [0.29, 0.717) is 17.9 Å². The zero-order valence-corrected chi connectivity index (χ0v) is 12.6. The van der Waals surface area contributed by atoms with E-state index in [-0.39, 0.29) is 17.9 Å². The molecular weight excluding hydrogens is 290 g/mol. The van der Waals surface area contributed by atoms with E-state index < -0.39 is 13.0 Å². The van der Waals surface area contributed by atoms with Crippen molar-refractivity contribution in [2.45, 2.75) is 45.1 Å². The first-order chi connectivity index (χ1) is 10.5. The predicted octanol–water partition coefficient (Wildman–Crippen LogP) is 3.09. The molecule has 1 aromatic rings. The van der Waals surface area contributed by atoms with Gasteiger partial charge in [0.2, 0.25) is 5.91 Å². The highest BCUT2D eigenvalue weighted by atomic mass is 19.3. The molecule has 0 aromatic heterocycles.